The molecular weight excluding hydrogens is 240 g/mol. The standard InChI is InChI=1S/C10H20N4O2S/c1-6-10(3,4)13-17(15,16)8-7(2)14(5)12-9(8)11/h13H,6H2,1-5H3,(H2,11,12). The Morgan fingerprint density at radius 1 is 1.47 bits per heavy atom. The van der Waals surface area contributed by atoms with Crippen molar-refractivity contribution in [2.24, 2.45) is 7.05 Å². The predicted octanol–water partition coefficient (Wildman–Crippen LogP) is 0.778. The molecule has 0 spiro atoms. The number of aryl methyl sites for hydroxylation is 1. The Morgan fingerprint density at radius 2 is 2.00 bits per heavy atom. The molecule has 7 heteroatoms. The van der Waals surface area contributed by atoms with E-state index in [0.29, 0.717) is 12.1 Å². The van der Waals surface area contributed by atoms with Gasteiger partial charge in [0.25, 0.3) is 0 Å². The van der Waals surface area contributed by atoms with E-state index in [9.17, 15) is 8.42 Å². The second kappa shape index (κ2) is 4.30. The maximum absolute atomic E-state index is 12.2. The van der Waals surface area contributed by atoms with Crippen LogP contribution in [0, 0.1) is 6.92 Å². The lowest BCUT2D eigenvalue weighted by Crippen LogP contribution is -2.42. The number of nitrogens with zero attached hydrogens (tertiary/aromatic N) is 2. The lowest BCUT2D eigenvalue weighted by molar-refractivity contribution is 0.439. The molecule has 0 saturated carbocycles. The van der Waals surface area contributed by atoms with Crippen LogP contribution in [0.3, 0.4) is 0 Å². The van der Waals surface area contributed by atoms with Gasteiger partial charge in [-0.15, -0.1) is 0 Å². The largest absolute Gasteiger partial charge is 0.381 e. The Hall–Kier alpha value is -1.08. The number of hydrogen-bond donors (Lipinski definition) is 2. The molecule has 17 heavy (non-hydrogen) atoms. The van der Waals surface area contributed by atoms with Crippen LogP contribution in [-0.4, -0.2) is 23.7 Å². The summed E-state index contributed by atoms with van der Waals surface area (Å²) in [5.74, 6) is 0.0319. The zero-order valence-electron chi connectivity index (χ0n) is 10.9. The average Bonchev–Trinajstić information content (AvgIpc) is 2.39. The summed E-state index contributed by atoms with van der Waals surface area (Å²) < 4.78 is 28.5. The highest BCUT2D eigenvalue weighted by molar-refractivity contribution is 7.89. The first kappa shape index (κ1) is 14.0. The minimum absolute atomic E-state index is 0.0319. The van der Waals surface area contributed by atoms with Gasteiger partial charge in [0.1, 0.15) is 4.90 Å². The van der Waals surface area contributed by atoms with E-state index in [0.717, 1.165) is 0 Å². The first-order chi connectivity index (χ1) is 7.60. The smallest absolute Gasteiger partial charge is 0.246 e. The van der Waals surface area contributed by atoms with Crippen LogP contribution in [0.4, 0.5) is 5.82 Å². The Morgan fingerprint density at radius 3 is 2.35 bits per heavy atom. The fraction of sp³-hybridized carbons (Fsp3) is 0.700. The Bertz CT molecular complexity index is 517. The molecule has 0 unspecified atom stereocenters. The van der Waals surface area contributed by atoms with Crippen LogP contribution in [0.1, 0.15) is 32.9 Å². The highest BCUT2D eigenvalue weighted by Crippen LogP contribution is 2.23. The SMILES string of the molecule is CCC(C)(C)NS(=O)(=O)c1c(N)nn(C)c1C. The van der Waals surface area contributed by atoms with Crippen LogP contribution in [0.15, 0.2) is 4.90 Å². The van der Waals surface area contributed by atoms with Crippen molar-refractivity contribution in [2.75, 3.05) is 5.73 Å². The van der Waals surface area contributed by atoms with Crippen LogP contribution >= 0.6 is 0 Å². The molecular formula is C10H20N4O2S. The second-order valence-electron chi connectivity index (χ2n) is 4.77. The molecule has 0 bridgehead atoms. The topological polar surface area (TPSA) is 90.0 Å². The maximum atomic E-state index is 12.2. The van der Waals surface area contributed by atoms with Gasteiger partial charge in [-0.05, 0) is 27.2 Å². The van der Waals surface area contributed by atoms with E-state index in [1.807, 2.05) is 20.8 Å². The van der Waals surface area contributed by atoms with Gasteiger partial charge in [0.2, 0.25) is 10.0 Å². The molecule has 1 heterocycles. The number of nitrogen functional groups attached to an aromatic ring is 1. The van der Waals surface area contributed by atoms with Gasteiger partial charge in [-0.1, -0.05) is 6.92 Å². The third-order valence-corrected chi connectivity index (χ3v) is 4.73. The normalized spacial score (nSPS) is 13.0. The van der Waals surface area contributed by atoms with Gasteiger partial charge >= 0.3 is 0 Å². The van der Waals surface area contributed by atoms with Gasteiger partial charge in [0, 0.05) is 12.6 Å². The van der Waals surface area contributed by atoms with Crippen molar-refractivity contribution in [3.63, 3.8) is 0 Å². The number of nitrogens with two attached hydrogens (primary N) is 1. The molecule has 1 aromatic rings. The zero-order valence-corrected chi connectivity index (χ0v) is 11.7. The van der Waals surface area contributed by atoms with E-state index >= 15 is 0 Å². The van der Waals surface area contributed by atoms with Gasteiger partial charge in [-0.2, -0.15) is 5.10 Å². The fourth-order valence-electron chi connectivity index (χ4n) is 1.43. The summed E-state index contributed by atoms with van der Waals surface area (Å²) in [5, 5.41) is 3.91. The van der Waals surface area contributed by atoms with E-state index in [1.165, 1.54) is 4.68 Å². The van der Waals surface area contributed by atoms with Crippen molar-refractivity contribution in [1.82, 2.24) is 14.5 Å². The number of sulfonamides is 1. The first-order valence-electron chi connectivity index (χ1n) is 5.44. The van der Waals surface area contributed by atoms with Crippen molar-refractivity contribution in [1.29, 1.82) is 0 Å². The van der Waals surface area contributed by atoms with Crippen molar-refractivity contribution in [3.8, 4) is 0 Å². The molecule has 3 N–H and O–H groups in total. The van der Waals surface area contributed by atoms with Crippen LogP contribution in [0.2, 0.25) is 0 Å². The molecule has 0 aliphatic carbocycles. The average molecular weight is 260 g/mol. The molecule has 0 saturated heterocycles. The molecule has 0 radical (unpaired) electrons. The van der Waals surface area contributed by atoms with E-state index in [1.54, 1.807) is 14.0 Å². The summed E-state index contributed by atoms with van der Waals surface area (Å²) in [5.41, 5.74) is 5.66. The Kier molecular flexibility index (Phi) is 3.54. The lowest BCUT2D eigenvalue weighted by Gasteiger charge is -2.24. The molecule has 0 fully saturated rings. The van der Waals surface area contributed by atoms with Crippen LogP contribution in [0.5, 0.6) is 0 Å². The van der Waals surface area contributed by atoms with Gasteiger partial charge in [-0.25, -0.2) is 13.1 Å². The molecule has 98 valence electrons. The summed E-state index contributed by atoms with van der Waals surface area (Å²) in [7, 11) is -1.97. The molecule has 0 amide bonds. The maximum Gasteiger partial charge on any atom is 0.246 e. The van der Waals surface area contributed by atoms with Crippen molar-refractivity contribution >= 4 is 15.8 Å². The van der Waals surface area contributed by atoms with Crippen LogP contribution in [-0.2, 0) is 17.1 Å². The molecule has 1 aromatic heterocycles. The first-order valence-corrected chi connectivity index (χ1v) is 6.92. The third kappa shape index (κ3) is 2.78. The second-order valence-corrected chi connectivity index (χ2v) is 6.39. The highest BCUT2D eigenvalue weighted by atomic mass is 32.2. The van der Waals surface area contributed by atoms with Gasteiger partial charge in [-0.3, -0.25) is 4.68 Å². The molecule has 1 rings (SSSR count). The number of anilines is 1. The summed E-state index contributed by atoms with van der Waals surface area (Å²) in [6.07, 6.45) is 0.686. The predicted molar refractivity (Wildman–Crippen MR) is 67.0 cm³/mol. The number of nitrogens with one attached hydrogen (secondary N) is 1. The van der Waals surface area contributed by atoms with E-state index in [2.05, 4.69) is 9.82 Å². The van der Waals surface area contributed by atoms with Gasteiger partial charge < -0.3 is 5.73 Å². The summed E-state index contributed by atoms with van der Waals surface area (Å²) in [6, 6.07) is 0. The number of aromatic nitrogens is 2. The Labute approximate surface area is 102 Å². The highest BCUT2D eigenvalue weighted by Gasteiger charge is 2.29. The van der Waals surface area contributed by atoms with Crippen molar-refractivity contribution < 1.29 is 8.42 Å². The molecule has 0 atom stereocenters. The summed E-state index contributed by atoms with van der Waals surface area (Å²) in [6.45, 7) is 7.25. The van der Waals surface area contributed by atoms with Gasteiger partial charge in [0.05, 0.1) is 5.69 Å². The molecule has 0 aromatic carbocycles. The monoisotopic (exact) mass is 260 g/mol. The molecule has 0 aliphatic heterocycles. The third-order valence-electron chi connectivity index (χ3n) is 2.87. The lowest BCUT2D eigenvalue weighted by atomic mass is 10.0. The van der Waals surface area contributed by atoms with Crippen LogP contribution in [0.25, 0.3) is 0 Å². The Balaban J connectivity index is 3.23. The van der Waals surface area contributed by atoms with E-state index in [4.69, 9.17) is 5.73 Å². The summed E-state index contributed by atoms with van der Waals surface area (Å²) in [4.78, 5) is 0.0709. The van der Waals surface area contributed by atoms with Crippen molar-refractivity contribution in [3.05, 3.63) is 5.69 Å². The minimum atomic E-state index is -3.63. The van der Waals surface area contributed by atoms with Crippen LogP contribution < -0.4 is 10.5 Å². The van der Waals surface area contributed by atoms with Gasteiger partial charge in [0.15, 0.2) is 5.82 Å². The molecule has 0 aliphatic rings. The zero-order chi connectivity index (χ0) is 13.4. The number of rotatable bonds is 4. The summed E-state index contributed by atoms with van der Waals surface area (Å²) >= 11 is 0. The fourth-order valence-corrected chi connectivity index (χ4v) is 3.24. The van der Waals surface area contributed by atoms with Crippen molar-refractivity contribution in [2.45, 2.75) is 44.6 Å². The van der Waals surface area contributed by atoms with E-state index < -0.39 is 15.6 Å². The number of hydrogen-bond acceptors (Lipinski definition) is 4. The van der Waals surface area contributed by atoms with E-state index in [-0.39, 0.29) is 10.7 Å². The molecule has 6 nitrogen and oxygen atoms in total. The quantitative estimate of drug-likeness (QED) is 0.837. The minimum Gasteiger partial charge on any atom is -0.381 e.